The van der Waals surface area contributed by atoms with Crippen LogP contribution in [0.15, 0.2) is 30.3 Å². The largest absolute Gasteiger partial charge is 0.493 e. The Morgan fingerprint density at radius 3 is 1.82 bits per heavy atom. The van der Waals surface area contributed by atoms with Gasteiger partial charge in [0.25, 0.3) is 11.8 Å². The highest BCUT2D eigenvalue weighted by atomic mass is 16.5. The number of fused-ring (bicyclic) bond motifs is 1. The predicted molar refractivity (Wildman–Crippen MR) is 104 cm³/mol. The molecule has 3 rings (SSSR count). The average Bonchev–Trinajstić information content (AvgIpc) is 2.73. The molecule has 146 valence electrons. The van der Waals surface area contributed by atoms with E-state index in [2.05, 4.69) is 0 Å². The van der Waals surface area contributed by atoms with E-state index in [4.69, 9.17) is 18.9 Å². The molecule has 0 spiro atoms. The zero-order chi connectivity index (χ0) is 20.4. The molecule has 2 aromatic rings. The fourth-order valence-corrected chi connectivity index (χ4v) is 3.10. The number of rotatable bonds is 5. The quantitative estimate of drug-likeness (QED) is 0.584. The summed E-state index contributed by atoms with van der Waals surface area (Å²) in [6.45, 7) is 0. The SMILES string of the molecule is COc1ccc(/C=C2/C(=O)N(C)C(=O)c3cc(OC)c(OC)cc32)cc1OC. The van der Waals surface area contributed by atoms with E-state index in [0.29, 0.717) is 39.7 Å². The van der Waals surface area contributed by atoms with Crippen molar-refractivity contribution in [2.45, 2.75) is 0 Å². The molecule has 0 atom stereocenters. The second kappa shape index (κ2) is 7.64. The van der Waals surface area contributed by atoms with Crippen LogP contribution in [0.2, 0.25) is 0 Å². The Morgan fingerprint density at radius 1 is 0.714 bits per heavy atom. The topological polar surface area (TPSA) is 74.3 Å². The van der Waals surface area contributed by atoms with Crippen LogP contribution in [0, 0.1) is 0 Å². The lowest BCUT2D eigenvalue weighted by atomic mass is 9.91. The van der Waals surface area contributed by atoms with Crippen LogP contribution in [0.1, 0.15) is 21.5 Å². The molecule has 28 heavy (non-hydrogen) atoms. The van der Waals surface area contributed by atoms with Crippen molar-refractivity contribution in [3.8, 4) is 23.0 Å². The summed E-state index contributed by atoms with van der Waals surface area (Å²) in [5.41, 5.74) is 1.95. The molecule has 1 aliphatic rings. The van der Waals surface area contributed by atoms with Crippen LogP contribution in [0.5, 0.6) is 23.0 Å². The number of ether oxygens (including phenoxy) is 4. The molecular formula is C21H21NO6. The molecule has 1 heterocycles. The van der Waals surface area contributed by atoms with E-state index >= 15 is 0 Å². The lowest BCUT2D eigenvalue weighted by Gasteiger charge is -2.26. The fraction of sp³-hybridized carbons (Fsp3) is 0.238. The number of nitrogens with zero attached hydrogens (tertiary/aromatic N) is 1. The molecule has 2 aromatic carbocycles. The Morgan fingerprint density at radius 2 is 1.25 bits per heavy atom. The molecule has 1 aliphatic heterocycles. The number of imide groups is 1. The fourth-order valence-electron chi connectivity index (χ4n) is 3.10. The number of carbonyl (C=O) groups excluding carboxylic acids is 2. The zero-order valence-electron chi connectivity index (χ0n) is 16.4. The second-order valence-electron chi connectivity index (χ2n) is 6.09. The Kier molecular flexibility index (Phi) is 5.26. The van der Waals surface area contributed by atoms with Crippen LogP contribution in [0.4, 0.5) is 0 Å². The minimum absolute atomic E-state index is 0.366. The summed E-state index contributed by atoms with van der Waals surface area (Å²) in [6, 6.07) is 8.54. The van der Waals surface area contributed by atoms with E-state index in [9.17, 15) is 9.59 Å². The minimum atomic E-state index is -0.403. The first-order chi connectivity index (χ1) is 13.4. The summed E-state index contributed by atoms with van der Waals surface area (Å²) in [5.74, 6) is 1.17. The molecular weight excluding hydrogens is 362 g/mol. The third-order valence-electron chi connectivity index (χ3n) is 4.60. The molecule has 0 bridgehead atoms. The van der Waals surface area contributed by atoms with Gasteiger partial charge < -0.3 is 18.9 Å². The number of hydrogen-bond acceptors (Lipinski definition) is 6. The summed E-state index contributed by atoms with van der Waals surface area (Å²) in [5, 5.41) is 0. The highest BCUT2D eigenvalue weighted by molar-refractivity contribution is 6.33. The second-order valence-corrected chi connectivity index (χ2v) is 6.09. The van der Waals surface area contributed by atoms with Crippen molar-refractivity contribution in [3.63, 3.8) is 0 Å². The lowest BCUT2D eigenvalue weighted by Crippen LogP contribution is -2.38. The first-order valence-corrected chi connectivity index (χ1v) is 8.47. The Hall–Kier alpha value is -3.48. The first kappa shape index (κ1) is 19.3. The van der Waals surface area contributed by atoms with Gasteiger partial charge in [-0.2, -0.15) is 0 Å². The Balaban J connectivity index is 2.21. The summed E-state index contributed by atoms with van der Waals surface area (Å²) in [4.78, 5) is 26.5. The normalized spacial score (nSPS) is 14.8. The molecule has 0 fully saturated rings. The summed E-state index contributed by atoms with van der Waals surface area (Å²) < 4.78 is 21.2. The number of benzene rings is 2. The van der Waals surface area contributed by atoms with Crippen LogP contribution in [-0.4, -0.2) is 52.2 Å². The summed E-state index contributed by atoms with van der Waals surface area (Å²) in [6.07, 6.45) is 1.71. The van der Waals surface area contributed by atoms with Crippen molar-refractivity contribution in [3.05, 3.63) is 47.0 Å². The van der Waals surface area contributed by atoms with E-state index in [1.807, 2.05) is 0 Å². The van der Waals surface area contributed by atoms with Crippen LogP contribution >= 0.6 is 0 Å². The monoisotopic (exact) mass is 383 g/mol. The van der Waals surface area contributed by atoms with E-state index in [0.717, 1.165) is 10.5 Å². The summed E-state index contributed by atoms with van der Waals surface area (Å²) in [7, 11) is 7.54. The maximum absolute atomic E-state index is 12.8. The average molecular weight is 383 g/mol. The van der Waals surface area contributed by atoms with Gasteiger partial charge in [-0.05, 0) is 35.9 Å². The molecule has 2 amide bonds. The van der Waals surface area contributed by atoms with Gasteiger partial charge in [0, 0.05) is 18.2 Å². The molecule has 0 radical (unpaired) electrons. The molecule has 0 aliphatic carbocycles. The van der Waals surface area contributed by atoms with Gasteiger partial charge in [0.1, 0.15) is 0 Å². The van der Waals surface area contributed by atoms with Gasteiger partial charge in [0.15, 0.2) is 23.0 Å². The van der Waals surface area contributed by atoms with Gasteiger partial charge in [0.05, 0.1) is 34.0 Å². The maximum atomic E-state index is 12.8. The number of hydrogen-bond donors (Lipinski definition) is 0. The molecule has 7 heteroatoms. The van der Waals surface area contributed by atoms with Crippen molar-refractivity contribution in [1.29, 1.82) is 0 Å². The summed E-state index contributed by atoms with van der Waals surface area (Å²) >= 11 is 0. The number of amides is 2. The van der Waals surface area contributed by atoms with Crippen molar-refractivity contribution in [1.82, 2.24) is 4.90 Å². The predicted octanol–water partition coefficient (Wildman–Crippen LogP) is 2.87. The van der Waals surface area contributed by atoms with Gasteiger partial charge in [-0.3, -0.25) is 14.5 Å². The van der Waals surface area contributed by atoms with Gasteiger partial charge >= 0.3 is 0 Å². The van der Waals surface area contributed by atoms with Crippen LogP contribution in [-0.2, 0) is 4.79 Å². The van der Waals surface area contributed by atoms with Crippen molar-refractivity contribution >= 4 is 23.5 Å². The Labute approximate surface area is 163 Å². The van der Waals surface area contributed by atoms with Crippen LogP contribution in [0.3, 0.4) is 0 Å². The standard InChI is InChI=1S/C21H21NO6/c1-22-20(23)14(8-12-6-7-16(25-2)17(9-12)26-3)13-10-18(27-4)19(28-5)11-15(13)21(22)24/h6-11H,1-5H3/b14-8+. The van der Waals surface area contributed by atoms with Gasteiger partial charge in [-0.25, -0.2) is 0 Å². The van der Waals surface area contributed by atoms with Crippen molar-refractivity contribution in [2.24, 2.45) is 0 Å². The molecule has 7 nitrogen and oxygen atoms in total. The van der Waals surface area contributed by atoms with Gasteiger partial charge in [-0.1, -0.05) is 6.07 Å². The van der Waals surface area contributed by atoms with E-state index in [-0.39, 0.29) is 0 Å². The van der Waals surface area contributed by atoms with Gasteiger partial charge in [-0.15, -0.1) is 0 Å². The zero-order valence-corrected chi connectivity index (χ0v) is 16.4. The number of carbonyl (C=O) groups is 2. The molecule has 0 saturated heterocycles. The number of likely N-dealkylation sites (N-methyl/N-ethyl adjacent to an activating group) is 1. The highest BCUT2D eigenvalue weighted by Gasteiger charge is 2.34. The van der Waals surface area contributed by atoms with E-state index in [1.165, 1.54) is 21.3 Å². The van der Waals surface area contributed by atoms with Crippen LogP contribution < -0.4 is 18.9 Å². The first-order valence-electron chi connectivity index (χ1n) is 8.47. The smallest absolute Gasteiger partial charge is 0.261 e. The molecule has 0 N–H and O–H groups in total. The lowest BCUT2D eigenvalue weighted by molar-refractivity contribution is -0.121. The molecule has 0 aromatic heterocycles. The molecule has 0 unspecified atom stereocenters. The number of methoxy groups -OCH3 is 4. The van der Waals surface area contributed by atoms with Crippen molar-refractivity contribution < 1.29 is 28.5 Å². The third-order valence-corrected chi connectivity index (χ3v) is 4.60. The Bertz CT molecular complexity index is 979. The van der Waals surface area contributed by atoms with Crippen LogP contribution in [0.25, 0.3) is 11.6 Å². The molecule has 0 saturated carbocycles. The minimum Gasteiger partial charge on any atom is -0.493 e. The van der Waals surface area contributed by atoms with E-state index in [1.54, 1.807) is 50.6 Å². The highest BCUT2D eigenvalue weighted by Crippen LogP contribution is 2.38. The van der Waals surface area contributed by atoms with Crippen molar-refractivity contribution in [2.75, 3.05) is 35.5 Å². The third kappa shape index (κ3) is 3.15. The van der Waals surface area contributed by atoms with Gasteiger partial charge in [0.2, 0.25) is 0 Å². The maximum Gasteiger partial charge on any atom is 0.261 e. The van der Waals surface area contributed by atoms with E-state index < -0.39 is 11.8 Å².